The summed E-state index contributed by atoms with van der Waals surface area (Å²) in [5.41, 5.74) is -0.674. The van der Waals surface area contributed by atoms with Gasteiger partial charge in [-0.05, 0) is 59.8 Å². The molecule has 7 heteroatoms. The molecule has 0 radical (unpaired) electrons. The van der Waals surface area contributed by atoms with Crippen LogP contribution >= 0.6 is 22.5 Å². The van der Waals surface area contributed by atoms with Crippen LogP contribution in [0, 0.1) is 5.41 Å². The molecule has 2 aliphatic heterocycles. The van der Waals surface area contributed by atoms with Gasteiger partial charge in [0.25, 0.3) is 0 Å². The first kappa shape index (κ1) is 19.0. The lowest BCUT2D eigenvalue weighted by molar-refractivity contribution is -0.168. The second kappa shape index (κ2) is 8.29. The average molecular weight is 397 g/mol. The Balaban J connectivity index is 1.68. The van der Waals surface area contributed by atoms with E-state index in [9.17, 15) is 9.59 Å². The number of hydrogen-bond donors (Lipinski definition) is 1. The summed E-state index contributed by atoms with van der Waals surface area (Å²) in [7, 11) is -0.677. The van der Waals surface area contributed by atoms with Crippen LogP contribution in [0.5, 0.6) is 5.75 Å². The molecule has 1 unspecified atom stereocenters. The Bertz CT molecular complexity index is 735. The lowest BCUT2D eigenvalue weighted by Gasteiger charge is -2.36. The van der Waals surface area contributed by atoms with Crippen LogP contribution < -0.4 is 4.74 Å². The summed E-state index contributed by atoms with van der Waals surface area (Å²) in [5, 5.41) is 4.77. The molecule has 0 N–H and O–H groups in total. The standard InChI is InChI=1S/C19H21ClO5S/c1-14(21)24-18(22)19(7-9-23-10-8-19)13-26-11-6-17(12-26)25-16-4-2-15(20)3-5-16/h2-6,11-12,26H,7-10,13H2,1H3. The fraction of sp³-hybridized carbons (Fsp3) is 0.368. The van der Waals surface area contributed by atoms with E-state index >= 15 is 0 Å². The number of allylic oxidation sites excluding steroid dienone is 1. The number of thiol groups is 1. The van der Waals surface area contributed by atoms with Crippen molar-refractivity contribution in [3.8, 4) is 5.75 Å². The molecule has 0 aromatic heterocycles. The molecule has 0 bridgehead atoms. The molecule has 1 aromatic rings. The van der Waals surface area contributed by atoms with E-state index < -0.39 is 28.2 Å². The van der Waals surface area contributed by atoms with Crippen molar-refractivity contribution in [1.29, 1.82) is 0 Å². The Morgan fingerprint density at radius 2 is 1.92 bits per heavy atom. The number of halogens is 1. The fourth-order valence-electron chi connectivity index (χ4n) is 2.99. The number of carbonyl (C=O) groups is 2. The van der Waals surface area contributed by atoms with E-state index in [0.717, 1.165) is 5.76 Å². The molecule has 1 fully saturated rings. The van der Waals surface area contributed by atoms with E-state index in [-0.39, 0.29) is 0 Å². The van der Waals surface area contributed by atoms with Gasteiger partial charge in [-0.2, -0.15) is 0 Å². The molecular weight excluding hydrogens is 376 g/mol. The van der Waals surface area contributed by atoms with Crippen molar-refractivity contribution in [2.24, 2.45) is 5.41 Å². The van der Waals surface area contributed by atoms with Gasteiger partial charge in [-0.3, -0.25) is 9.59 Å². The normalized spacial score (nSPS) is 22.5. The molecule has 26 heavy (non-hydrogen) atoms. The van der Waals surface area contributed by atoms with Crippen LogP contribution in [0.1, 0.15) is 19.8 Å². The number of ether oxygens (including phenoxy) is 3. The van der Waals surface area contributed by atoms with E-state index in [1.54, 1.807) is 12.1 Å². The molecule has 2 aliphatic rings. The summed E-state index contributed by atoms with van der Waals surface area (Å²) in [6.07, 6.45) is 3.05. The third-order valence-electron chi connectivity index (χ3n) is 4.38. The third kappa shape index (κ3) is 4.69. The summed E-state index contributed by atoms with van der Waals surface area (Å²) >= 11 is 5.88. The molecule has 1 atom stereocenters. The predicted octanol–water partition coefficient (Wildman–Crippen LogP) is 3.98. The van der Waals surface area contributed by atoms with Crippen molar-refractivity contribution in [2.45, 2.75) is 19.8 Å². The number of rotatable bonds is 5. The van der Waals surface area contributed by atoms with Gasteiger partial charge in [-0.1, -0.05) is 11.6 Å². The highest BCUT2D eigenvalue weighted by Crippen LogP contribution is 2.46. The molecule has 1 saturated heterocycles. The van der Waals surface area contributed by atoms with E-state index in [1.165, 1.54) is 6.92 Å². The Labute approximate surface area is 160 Å². The molecule has 2 heterocycles. The van der Waals surface area contributed by atoms with Gasteiger partial charge in [0.1, 0.15) is 11.5 Å². The van der Waals surface area contributed by atoms with Crippen LogP contribution in [0.4, 0.5) is 0 Å². The zero-order valence-corrected chi connectivity index (χ0v) is 16.1. The Hall–Kier alpha value is -1.76. The summed E-state index contributed by atoms with van der Waals surface area (Å²) in [4.78, 5) is 23.8. The topological polar surface area (TPSA) is 61.8 Å². The van der Waals surface area contributed by atoms with Crippen LogP contribution in [0.3, 0.4) is 0 Å². The molecule has 140 valence electrons. The zero-order valence-electron chi connectivity index (χ0n) is 14.4. The maximum atomic E-state index is 12.5. The van der Waals surface area contributed by atoms with Crippen molar-refractivity contribution < 1.29 is 23.8 Å². The second-order valence-corrected chi connectivity index (χ2v) is 8.69. The minimum atomic E-state index is -0.677. The zero-order chi connectivity index (χ0) is 18.6. The monoisotopic (exact) mass is 396 g/mol. The van der Waals surface area contributed by atoms with Gasteiger partial charge in [-0.15, -0.1) is 0 Å². The molecule has 0 amide bonds. The summed E-state index contributed by atoms with van der Waals surface area (Å²) in [6.45, 7) is 2.25. The third-order valence-corrected chi connectivity index (χ3v) is 6.72. The first-order valence-corrected chi connectivity index (χ1v) is 10.4. The number of benzene rings is 1. The molecule has 0 saturated carbocycles. The van der Waals surface area contributed by atoms with Crippen LogP contribution in [-0.2, 0) is 19.1 Å². The lowest BCUT2D eigenvalue weighted by Crippen LogP contribution is -2.41. The van der Waals surface area contributed by atoms with Crippen LogP contribution in [-0.4, -0.2) is 30.9 Å². The Kier molecular flexibility index (Phi) is 6.06. The maximum absolute atomic E-state index is 12.5. The SMILES string of the molecule is CC(=O)OC(=O)C1(C[SH]2C=CC(Oc3ccc(Cl)cc3)=C2)CCOCC1. The first-order chi connectivity index (χ1) is 12.5. The van der Waals surface area contributed by atoms with E-state index in [1.807, 2.05) is 23.6 Å². The van der Waals surface area contributed by atoms with Crippen molar-refractivity contribution in [3.05, 3.63) is 51.9 Å². The van der Waals surface area contributed by atoms with Crippen molar-refractivity contribution in [1.82, 2.24) is 0 Å². The van der Waals surface area contributed by atoms with Gasteiger partial charge in [0, 0.05) is 25.2 Å². The molecular formula is C19H21ClO5S. The number of carbonyl (C=O) groups excluding carboxylic acids is 2. The predicted molar refractivity (Wildman–Crippen MR) is 102 cm³/mol. The minimum absolute atomic E-state index is 0.440. The van der Waals surface area contributed by atoms with E-state index in [4.69, 9.17) is 25.8 Å². The Morgan fingerprint density at radius 3 is 2.58 bits per heavy atom. The minimum Gasteiger partial charge on any atom is -0.457 e. The van der Waals surface area contributed by atoms with Crippen molar-refractivity contribution in [2.75, 3.05) is 19.0 Å². The highest BCUT2D eigenvalue weighted by Gasteiger charge is 2.43. The summed E-state index contributed by atoms with van der Waals surface area (Å²) < 4.78 is 16.2. The van der Waals surface area contributed by atoms with Gasteiger partial charge >= 0.3 is 11.9 Å². The molecule has 3 rings (SSSR count). The number of esters is 2. The molecule has 1 aromatic carbocycles. The fourth-order valence-corrected chi connectivity index (χ4v) is 5.35. The molecule has 0 spiro atoms. The van der Waals surface area contributed by atoms with Crippen LogP contribution in [0.2, 0.25) is 5.02 Å². The summed E-state index contributed by atoms with van der Waals surface area (Å²) in [5.74, 6) is 1.07. The second-order valence-electron chi connectivity index (χ2n) is 6.35. The van der Waals surface area contributed by atoms with Gasteiger partial charge in [-0.25, -0.2) is 10.9 Å². The van der Waals surface area contributed by atoms with Crippen LogP contribution in [0.25, 0.3) is 0 Å². The van der Waals surface area contributed by atoms with E-state index in [0.29, 0.717) is 42.6 Å². The quantitative estimate of drug-likeness (QED) is 0.463. The van der Waals surface area contributed by atoms with Gasteiger partial charge in [0.05, 0.1) is 5.41 Å². The molecule has 0 aliphatic carbocycles. The number of hydrogen-bond acceptors (Lipinski definition) is 5. The van der Waals surface area contributed by atoms with Gasteiger partial charge in [0.15, 0.2) is 0 Å². The highest BCUT2D eigenvalue weighted by atomic mass is 35.5. The average Bonchev–Trinajstić information content (AvgIpc) is 3.04. The highest BCUT2D eigenvalue weighted by molar-refractivity contribution is 8.22. The van der Waals surface area contributed by atoms with Crippen molar-refractivity contribution in [3.63, 3.8) is 0 Å². The smallest absolute Gasteiger partial charge is 0.320 e. The lowest BCUT2D eigenvalue weighted by atomic mass is 9.82. The largest absolute Gasteiger partial charge is 0.457 e. The summed E-state index contributed by atoms with van der Waals surface area (Å²) in [6, 6.07) is 7.16. The molecule has 5 nitrogen and oxygen atoms in total. The Morgan fingerprint density at radius 1 is 1.23 bits per heavy atom. The maximum Gasteiger partial charge on any atom is 0.320 e. The van der Waals surface area contributed by atoms with Gasteiger partial charge in [0.2, 0.25) is 0 Å². The first-order valence-electron chi connectivity index (χ1n) is 8.37. The van der Waals surface area contributed by atoms with E-state index in [2.05, 4.69) is 5.41 Å². The van der Waals surface area contributed by atoms with Gasteiger partial charge < -0.3 is 14.2 Å². The van der Waals surface area contributed by atoms with Crippen LogP contribution in [0.15, 0.2) is 46.9 Å². The van der Waals surface area contributed by atoms with Crippen molar-refractivity contribution >= 4 is 34.4 Å².